The van der Waals surface area contributed by atoms with Gasteiger partial charge in [0.1, 0.15) is 12.2 Å². The molecule has 9 heteroatoms. The smallest absolute Gasteiger partial charge is 0.255 e. The van der Waals surface area contributed by atoms with Crippen LogP contribution in [-0.4, -0.2) is 65.6 Å². The molecule has 2 aliphatic rings. The number of hydrogen-bond acceptors (Lipinski definition) is 5. The maximum Gasteiger partial charge on any atom is 0.255 e. The Morgan fingerprint density at radius 3 is 2.73 bits per heavy atom. The third kappa shape index (κ3) is 6.20. The van der Waals surface area contributed by atoms with E-state index in [1.165, 1.54) is 0 Å². The Hall–Kier alpha value is -2.26. The molecule has 1 saturated heterocycles. The molecule has 0 radical (unpaired) electrons. The number of carbonyl (C=O) groups excluding carboxylic acids is 2. The van der Waals surface area contributed by atoms with Crippen molar-refractivity contribution in [3.8, 4) is 0 Å². The van der Waals surface area contributed by atoms with Crippen molar-refractivity contribution >= 4 is 31.1 Å². The Morgan fingerprint density at radius 1 is 1.24 bits per heavy atom. The molecule has 1 aliphatic heterocycles. The van der Waals surface area contributed by atoms with Gasteiger partial charge in [0.2, 0.25) is 5.91 Å². The topological polar surface area (TPSA) is 89.4 Å². The SMILES string of the molecule is CC(=O)N1CCCC(CNC(=O)c2cn(COCC[Si](C)(C)C)c3ncc(C4CC4)nc23)C1. The molecule has 1 aliphatic carbocycles. The lowest BCUT2D eigenvalue weighted by atomic mass is 9.98. The van der Waals surface area contributed by atoms with Crippen molar-refractivity contribution in [3.05, 3.63) is 23.7 Å². The maximum atomic E-state index is 13.2. The molecule has 1 unspecified atom stereocenters. The zero-order chi connectivity index (χ0) is 23.6. The summed E-state index contributed by atoms with van der Waals surface area (Å²) in [6.07, 6.45) is 7.94. The summed E-state index contributed by atoms with van der Waals surface area (Å²) in [6, 6.07) is 1.09. The van der Waals surface area contributed by atoms with Crippen LogP contribution in [0.15, 0.2) is 12.4 Å². The third-order valence-corrected chi connectivity index (χ3v) is 8.27. The van der Waals surface area contributed by atoms with Gasteiger partial charge in [-0.1, -0.05) is 19.6 Å². The summed E-state index contributed by atoms with van der Waals surface area (Å²) in [5.74, 6) is 0.709. The van der Waals surface area contributed by atoms with E-state index >= 15 is 0 Å². The molecule has 2 aromatic heterocycles. The van der Waals surface area contributed by atoms with E-state index in [1.807, 2.05) is 21.9 Å². The second kappa shape index (κ2) is 9.93. The standard InChI is InChI=1S/C24H37N5O3Si/c1-17(30)28-9-5-6-18(14-28)12-26-24(31)20-15-29(16-32-10-11-33(2,3)4)23-22(20)27-21(13-25-23)19-7-8-19/h13,15,18-19H,5-12,14,16H2,1-4H3,(H,26,31). The van der Waals surface area contributed by atoms with Crippen molar-refractivity contribution < 1.29 is 14.3 Å². The average Bonchev–Trinajstić information content (AvgIpc) is 3.56. The lowest BCUT2D eigenvalue weighted by Crippen LogP contribution is -2.42. The Morgan fingerprint density at radius 2 is 2.03 bits per heavy atom. The van der Waals surface area contributed by atoms with E-state index in [0.29, 0.717) is 49.1 Å². The summed E-state index contributed by atoms with van der Waals surface area (Å²) in [4.78, 5) is 36.3. The molecular formula is C24H37N5O3Si. The molecule has 1 saturated carbocycles. The second-order valence-corrected chi connectivity index (χ2v) is 16.4. The van der Waals surface area contributed by atoms with Crippen LogP contribution in [0.2, 0.25) is 25.7 Å². The largest absolute Gasteiger partial charge is 0.361 e. The quantitative estimate of drug-likeness (QED) is 0.446. The molecule has 0 bridgehead atoms. The van der Waals surface area contributed by atoms with E-state index in [-0.39, 0.29) is 17.7 Å². The van der Waals surface area contributed by atoms with Crippen molar-refractivity contribution in [2.45, 2.75) is 70.9 Å². The molecule has 8 nitrogen and oxygen atoms in total. The van der Waals surface area contributed by atoms with Crippen LogP contribution in [0.1, 0.15) is 54.6 Å². The van der Waals surface area contributed by atoms with Crippen molar-refractivity contribution in [1.29, 1.82) is 0 Å². The minimum Gasteiger partial charge on any atom is -0.361 e. The first-order valence-electron chi connectivity index (χ1n) is 12.2. The number of nitrogens with one attached hydrogen (secondary N) is 1. The summed E-state index contributed by atoms with van der Waals surface area (Å²) >= 11 is 0. The van der Waals surface area contributed by atoms with Crippen LogP contribution < -0.4 is 5.32 Å². The Kier molecular flexibility index (Phi) is 7.18. The van der Waals surface area contributed by atoms with Crippen LogP contribution in [0.4, 0.5) is 0 Å². The Balaban J connectivity index is 1.47. The first kappa shape index (κ1) is 23.9. The third-order valence-electron chi connectivity index (χ3n) is 6.57. The van der Waals surface area contributed by atoms with Crippen LogP contribution in [0.25, 0.3) is 11.2 Å². The van der Waals surface area contributed by atoms with Gasteiger partial charge in [-0.05, 0) is 37.6 Å². The van der Waals surface area contributed by atoms with Gasteiger partial charge in [-0.15, -0.1) is 0 Å². The predicted octanol–water partition coefficient (Wildman–Crippen LogP) is 3.61. The summed E-state index contributed by atoms with van der Waals surface area (Å²) in [5.41, 5.74) is 2.86. The predicted molar refractivity (Wildman–Crippen MR) is 131 cm³/mol. The molecule has 33 heavy (non-hydrogen) atoms. The summed E-state index contributed by atoms with van der Waals surface area (Å²) in [7, 11) is -1.17. The number of nitrogens with zero attached hydrogens (tertiary/aromatic N) is 4. The van der Waals surface area contributed by atoms with Crippen molar-refractivity contribution in [3.63, 3.8) is 0 Å². The van der Waals surface area contributed by atoms with Gasteiger partial charge in [0.25, 0.3) is 5.91 Å². The van der Waals surface area contributed by atoms with Gasteiger partial charge in [-0.3, -0.25) is 9.59 Å². The van der Waals surface area contributed by atoms with Gasteiger partial charge in [0.15, 0.2) is 5.65 Å². The molecule has 3 heterocycles. The first-order chi connectivity index (χ1) is 15.7. The second-order valence-electron chi connectivity index (χ2n) is 10.8. The number of aromatic nitrogens is 3. The van der Waals surface area contributed by atoms with Crippen molar-refractivity contribution in [2.24, 2.45) is 5.92 Å². The molecule has 0 aromatic carbocycles. The van der Waals surface area contributed by atoms with E-state index in [4.69, 9.17) is 9.72 Å². The van der Waals surface area contributed by atoms with E-state index in [1.54, 1.807) is 6.92 Å². The number of rotatable bonds is 9. The van der Waals surface area contributed by atoms with Gasteiger partial charge >= 0.3 is 0 Å². The molecule has 2 amide bonds. The molecule has 2 aromatic rings. The number of carbonyl (C=O) groups is 2. The average molecular weight is 472 g/mol. The lowest BCUT2D eigenvalue weighted by Gasteiger charge is -2.32. The molecule has 1 atom stereocenters. The van der Waals surface area contributed by atoms with Crippen molar-refractivity contribution in [1.82, 2.24) is 24.8 Å². The number of fused-ring (bicyclic) bond motifs is 1. The van der Waals surface area contributed by atoms with Gasteiger partial charge < -0.3 is 19.5 Å². The van der Waals surface area contributed by atoms with Crippen LogP contribution in [-0.2, 0) is 16.3 Å². The van der Waals surface area contributed by atoms with Gasteiger partial charge in [-0.25, -0.2) is 9.97 Å². The summed E-state index contributed by atoms with van der Waals surface area (Å²) in [5, 5.41) is 3.09. The number of hydrogen-bond donors (Lipinski definition) is 1. The molecule has 180 valence electrons. The summed E-state index contributed by atoms with van der Waals surface area (Å²) < 4.78 is 7.84. The molecular weight excluding hydrogens is 434 g/mol. The Bertz CT molecular complexity index is 1010. The normalized spacial score (nSPS) is 19.2. The molecule has 1 N–H and O–H groups in total. The van der Waals surface area contributed by atoms with Crippen LogP contribution in [0.5, 0.6) is 0 Å². The maximum absolute atomic E-state index is 13.2. The fourth-order valence-corrected chi connectivity index (χ4v) is 5.05. The zero-order valence-electron chi connectivity index (χ0n) is 20.4. The number of amides is 2. The van der Waals surface area contributed by atoms with Gasteiger partial charge in [0, 0.05) is 53.4 Å². The highest BCUT2D eigenvalue weighted by molar-refractivity contribution is 6.76. The van der Waals surface area contributed by atoms with Crippen LogP contribution in [0.3, 0.4) is 0 Å². The molecule has 2 fully saturated rings. The first-order valence-corrected chi connectivity index (χ1v) is 15.9. The monoisotopic (exact) mass is 471 g/mol. The highest BCUT2D eigenvalue weighted by Gasteiger charge is 2.28. The molecule has 0 spiro atoms. The minimum absolute atomic E-state index is 0.103. The number of ether oxygens (including phenoxy) is 1. The highest BCUT2D eigenvalue weighted by atomic mass is 28.3. The number of likely N-dealkylation sites (tertiary alicyclic amines) is 1. The minimum atomic E-state index is -1.17. The van der Waals surface area contributed by atoms with E-state index in [2.05, 4.69) is 29.9 Å². The van der Waals surface area contributed by atoms with Gasteiger partial charge in [-0.2, -0.15) is 0 Å². The van der Waals surface area contributed by atoms with E-state index < -0.39 is 8.07 Å². The lowest BCUT2D eigenvalue weighted by molar-refractivity contribution is -0.130. The Labute approximate surface area is 197 Å². The van der Waals surface area contributed by atoms with Gasteiger partial charge in [0.05, 0.1) is 17.5 Å². The fraction of sp³-hybridized carbons (Fsp3) is 0.667. The zero-order valence-corrected chi connectivity index (χ0v) is 21.4. The molecule has 4 rings (SSSR count). The highest BCUT2D eigenvalue weighted by Crippen LogP contribution is 2.39. The van der Waals surface area contributed by atoms with Crippen molar-refractivity contribution in [2.75, 3.05) is 26.2 Å². The number of piperidine rings is 1. The van der Waals surface area contributed by atoms with E-state index in [9.17, 15) is 9.59 Å². The summed E-state index contributed by atoms with van der Waals surface area (Å²) in [6.45, 7) is 11.7. The van der Waals surface area contributed by atoms with Crippen LogP contribution in [0, 0.1) is 5.92 Å². The van der Waals surface area contributed by atoms with E-state index in [0.717, 1.165) is 44.0 Å². The van der Waals surface area contributed by atoms with Crippen LogP contribution >= 0.6 is 0 Å². The fourth-order valence-electron chi connectivity index (χ4n) is 4.30.